The summed E-state index contributed by atoms with van der Waals surface area (Å²) in [4.78, 5) is 3.36. The van der Waals surface area contributed by atoms with Crippen LogP contribution in [0.3, 0.4) is 0 Å². The molecule has 0 atom stereocenters. The molecule has 0 aliphatic rings. The number of rotatable bonds is 5. The van der Waals surface area contributed by atoms with Crippen molar-refractivity contribution in [2.24, 2.45) is 5.73 Å². The molecule has 0 bridgehead atoms. The van der Waals surface area contributed by atoms with Gasteiger partial charge in [-0.1, -0.05) is 54.6 Å². The lowest BCUT2D eigenvalue weighted by atomic mass is 9.96. The minimum atomic E-state index is -0.205. The van der Waals surface area contributed by atoms with Crippen molar-refractivity contribution in [2.75, 3.05) is 6.54 Å². The Bertz CT molecular complexity index is 1030. The molecule has 1 aromatic heterocycles. The summed E-state index contributed by atoms with van der Waals surface area (Å²) in [5.74, 6) is -0.205. The van der Waals surface area contributed by atoms with Gasteiger partial charge in [-0.15, -0.1) is 0 Å². The summed E-state index contributed by atoms with van der Waals surface area (Å²) in [5, 5.41) is 3.34. The standard InChI is InChI=1S/C22H21FN2/c23-20-13-6-12-19-18(10-3-4-14-24)21(25-22(19)20)17-11-5-8-15-7-1-2-9-16(15)17/h1-2,5-9,11-13,25H,3-4,10,14,24H2. The molecule has 3 aromatic carbocycles. The molecule has 0 aliphatic carbocycles. The Morgan fingerprint density at radius 2 is 1.60 bits per heavy atom. The van der Waals surface area contributed by atoms with E-state index >= 15 is 0 Å². The summed E-state index contributed by atoms with van der Waals surface area (Å²) >= 11 is 0. The topological polar surface area (TPSA) is 41.8 Å². The van der Waals surface area contributed by atoms with Gasteiger partial charge in [-0.05, 0) is 48.2 Å². The van der Waals surface area contributed by atoms with Crippen molar-refractivity contribution in [2.45, 2.75) is 19.3 Å². The number of aromatic nitrogens is 1. The van der Waals surface area contributed by atoms with Gasteiger partial charge < -0.3 is 10.7 Å². The highest BCUT2D eigenvalue weighted by Crippen LogP contribution is 2.36. The van der Waals surface area contributed by atoms with Crippen LogP contribution in [-0.2, 0) is 6.42 Å². The Balaban J connectivity index is 1.96. The normalized spacial score (nSPS) is 11.4. The number of para-hydroxylation sites is 1. The molecule has 3 heteroatoms. The molecule has 0 radical (unpaired) electrons. The van der Waals surface area contributed by atoms with E-state index in [2.05, 4.69) is 35.3 Å². The van der Waals surface area contributed by atoms with Gasteiger partial charge in [0.25, 0.3) is 0 Å². The number of aryl methyl sites for hydroxylation is 1. The SMILES string of the molecule is NCCCCc1c(-c2cccc3ccccc23)[nH]c2c(F)cccc12. The highest BCUT2D eigenvalue weighted by molar-refractivity contribution is 6.00. The van der Waals surface area contributed by atoms with Crippen molar-refractivity contribution in [1.82, 2.24) is 4.98 Å². The number of hydrogen-bond donors (Lipinski definition) is 2. The number of H-pyrrole nitrogens is 1. The third-order valence-electron chi connectivity index (χ3n) is 4.83. The highest BCUT2D eigenvalue weighted by Gasteiger charge is 2.16. The van der Waals surface area contributed by atoms with Gasteiger partial charge in [-0.25, -0.2) is 4.39 Å². The van der Waals surface area contributed by atoms with E-state index in [0.717, 1.165) is 35.9 Å². The summed E-state index contributed by atoms with van der Waals surface area (Å²) in [5.41, 5.74) is 9.58. The minimum absolute atomic E-state index is 0.205. The summed E-state index contributed by atoms with van der Waals surface area (Å²) in [6, 6.07) is 19.9. The van der Waals surface area contributed by atoms with Crippen LogP contribution in [0.25, 0.3) is 32.9 Å². The maximum absolute atomic E-state index is 14.3. The molecule has 25 heavy (non-hydrogen) atoms. The molecule has 126 valence electrons. The lowest BCUT2D eigenvalue weighted by molar-refractivity contribution is 0.637. The number of aromatic amines is 1. The molecule has 1 heterocycles. The van der Waals surface area contributed by atoms with Crippen molar-refractivity contribution >= 4 is 21.7 Å². The van der Waals surface area contributed by atoms with Crippen LogP contribution in [0.2, 0.25) is 0 Å². The van der Waals surface area contributed by atoms with E-state index in [9.17, 15) is 4.39 Å². The van der Waals surface area contributed by atoms with E-state index in [1.54, 1.807) is 6.07 Å². The van der Waals surface area contributed by atoms with E-state index in [1.165, 1.54) is 22.4 Å². The number of benzene rings is 3. The molecule has 2 nitrogen and oxygen atoms in total. The molecule has 0 saturated heterocycles. The number of fused-ring (bicyclic) bond motifs is 2. The van der Waals surface area contributed by atoms with E-state index in [1.807, 2.05) is 18.2 Å². The van der Waals surface area contributed by atoms with Gasteiger partial charge in [0.2, 0.25) is 0 Å². The molecule has 0 amide bonds. The van der Waals surface area contributed by atoms with E-state index in [0.29, 0.717) is 12.1 Å². The van der Waals surface area contributed by atoms with Crippen LogP contribution >= 0.6 is 0 Å². The summed E-state index contributed by atoms with van der Waals surface area (Å²) < 4.78 is 14.3. The Labute approximate surface area is 146 Å². The second-order valence-electron chi connectivity index (χ2n) is 6.41. The van der Waals surface area contributed by atoms with E-state index in [-0.39, 0.29) is 5.82 Å². The van der Waals surface area contributed by atoms with Crippen molar-refractivity contribution in [3.8, 4) is 11.3 Å². The second-order valence-corrected chi connectivity index (χ2v) is 6.41. The number of nitrogens with two attached hydrogens (primary N) is 1. The van der Waals surface area contributed by atoms with Crippen molar-refractivity contribution in [3.05, 3.63) is 72.0 Å². The van der Waals surface area contributed by atoms with Gasteiger partial charge in [-0.2, -0.15) is 0 Å². The van der Waals surface area contributed by atoms with E-state index < -0.39 is 0 Å². The zero-order valence-corrected chi connectivity index (χ0v) is 14.1. The molecule has 0 unspecified atom stereocenters. The van der Waals surface area contributed by atoms with Gasteiger partial charge in [0.05, 0.1) is 11.2 Å². The molecule has 0 saturated carbocycles. The fourth-order valence-corrected chi connectivity index (χ4v) is 3.62. The average Bonchev–Trinajstić information content (AvgIpc) is 3.01. The summed E-state index contributed by atoms with van der Waals surface area (Å²) in [6.07, 6.45) is 2.86. The fourth-order valence-electron chi connectivity index (χ4n) is 3.62. The maximum Gasteiger partial charge on any atom is 0.147 e. The Kier molecular flexibility index (Phi) is 4.24. The zero-order chi connectivity index (χ0) is 17.2. The number of halogens is 1. The van der Waals surface area contributed by atoms with Crippen molar-refractivity contribution in [1.29, 1.82) is 0 Å². The van der Waals surface area contributed by atoms with Crippen LogP contribution in [0, 0.1) is 5.82 Å². The monoisotopic (exact) mass is 332 g/mol. The predicted octanol–water partition coefficient (Wildman–Crippen LogP) is 5.41. The highest BCUT2D eigenvalue weighted by atomic mass is 19.1. The predicted molar refractivity (Wildman–Crippen MR) is 103 cm³/mol. The van der Waals surface area contributed by atoms with Crippen LogP contribution in [0.4, 0.5) is 4.39 Å². The molecule has 4 aromatic rings. The van der Waals surface area contributed by atoms with Gasteiger partial charge in [-0.3, -0.25) is 0 Å². The van der Waals surface area contributed by atoms with Gasteiger partial charge in [0.1, 0.15) is 5.82 Å². The van der Waals surface area contributed by atoms with Crippen LogP contribution in [0.5, 0.6) is 0 Å². The number of unbranched alkanes of at least 4 members (excludes halogenated alkanes) is 1. The largest absolute Gasteiger partial charge is 0.352 e. The maximum atomic E-state index is 14.3. The van der Waals surface area contributed by atoms with Crippen molar-refractivity contribution < 1.29 is 4.39 Å². The molecule has 0 aliphatic heterocycles. The smallest absolute Gasteiger partial charge is 0.147 e. The summed E-state index contributed by atoms with van der Waals surface area (Å²) in [6.45, 7) is 0.681. The zero-order valence-electron chi connectivity index (χ0n) is 14.1. The Morgan fingerprint density at radius 1 is 0.840 bits per heavy atom. The lowest BCUT2D eigenvalue weighted by Gasteiger charge is -2.09. The Morgan fingerprint density at radius 3 is 2.48 bits per heavy atom. The fraction of sp³-hybridized carbons (Fsp3) is 0.182. The third-order valence-corrected chi connectivity index (χ3v) is 4.83. The van der Waals surface area contributed by atoms with Crippen molar-refractivity contribution in [3.63, 3.8) is 0 Å². The molecule has 0 spiro atoms. The summed E-state index contributed by atoms with van der Waals surface area (Å²) in [7, 11) is 0. The lowest BCUT2D eigenvalue weighted by Crippen LogP contribution is -1.99. The number of nitrogens with one attached hydrogen (secondary N) is 1. The molecule has 4 rings (SSSR count). The average molecular weight is 332 g/mol. The van der Waals surface area contributed by atoms with Crippen LogP contribution in [0.1, 0.15) is 18.4 Å². The first-order valence-corrected chi connectivity index (χ1v) is 8.77. The molecular weight excluding hydrogens is 311 g/mol. The first-order chi connectivity index (χ1) is 12.3. The van der Waals surface area contributed by atoms with Crippen LogP contribution in [-0.4, -0.2) is 11.5 Å². The first-order valence-electron chi connectivity index (χ1n) is 8.77. The van der Waals surface area contributed by atoms with Crippen LogP contribution < -0.4 is 5.73 Å². The first kappa shape index (κ1) is 15.9. The van der Waals surface area contributed by atoms with Gasteiger partial charge in [0.15, 0.2) is 0 Å². The molecular formula is C22H21FN2. The van der Waals surface area contributed by atoms with Gasteiger partial charge >= 0.3 is 0 Å². The minimum Gasteiger partial charge on any atom is -0.352 e. The van der Waals surface area contributed by atoms with Crippen LogP contribution in [0.15, 0.2) is 60.7 Å². The number of hydrogen-bond acceptors (Lipinski definition) is 1. The third kappa shape index (κ3) is 2.81. The van der Waals surface area contributed by atoms with E-state index in [4.69, 9.17) is 5.73 Å². The quantitative estimate of drug-likeness (QED) is 0.472. The Hall–Kier alpha value is -2.65. The molecule has 3 N–H and O–H groups in total. The van der Waals surface area contributed by atoms with Gasteiger partial charge in [0, 0.05) is 10.9 Å². The second kappa shape index (κ2) is 6.69. The molecule has 0 fully saturated rings.